The van der Waals surface area contributed by atoms with Gasteiger partial charge >= 0.3 is 11.9 Å². The summed E-state index contributed by atoms with van der Waals surface area (Å²) in [6.45, 7) is 6.55. The fourth-order valence-corrected chi connectivity index (χ4v) is 10.5. The highest BCUT2D eigenvalue weighted by molar-refractivity contribution is 7.88. The Balaban J connectivity index is 0.000000427. The predicted octanol–water partition coefficient (Wildman–Crippen LogP) is 6.06. The minimum atomic E-state index is -4.16. The van der Waals surface area contributed by atoms with Gasteiger partial charge in [-0.05, 0) is 49.6 Å². The molecule has 3 N–H and O–H groups in total. The molecule has 0 aliphatic heterocycles. The summed E-state index contributed by atoms with van der Waals surface area (Å²) in [5.74, 6) is -2.25. The fraction of sp³-hybridized carbons (Fsp3) is 0.462. The normalized spacial score (nSPS) is 11.4. The van der Waals surface area contributed by atoms with E-state index in [9.17, 15) is 22.6 Å². The number of carboxylic acid groups (broad SMARTS) is 2. The van der Waals surface area contributed by atoms with Gasteiger partial charge in [-0.2, -0.15) is 8.42 Å². The highest BCUT2D eigenvalue weighted by Gasteiger charge is 2.42. The van der Waals surface area contributed by atoms with E-state index in [1.807, 2.05) is 12.1 Å². The third-order valence-electron chi connectivity index (χ3n) is 5.83. The Bertz CT molecular complexity index is 1020. The predicted molar refractivity (Wildman–Crippen MR) is 142 cm³/mol. The monoisotopic (exact) mass is 525 g/mol. The van der Waals surface area contributed by atoms with Crippen molar-refractivity contribution >= 4 is 34.6 Å². The number of hydrogen-bond acceptors (Lipinski definition) is 4. The standard InChI is InChI=1S/C18H31O3PS.C8H6O4/c1-4-7-14-22(15-8-5-2,16-9-6-3)17-12-10-11-13-18(17)23(19,20)21;9-7(10)5-2-1-3-6(4-5)8(11)12/h10-13H,4-9,14-16H2,1-3H3;1-4H,(H,9,10)(H,11,12)/p+1. The van der Waals surface area contributed by atoms with Crippen LogP contribution in [0.25, 0.3) is 0 Å². The molecule has 0 aromatic heterocycles. The largest absolute Gasteiger partial charge is 0.478 e. The topological polar surface area (TPSA) is 129 Å². The second-order valence-electron chi connectivity index (χ2n) is 8.51. The molecular weight excluding hydrogens is 487 g/mol. The average Bonchev–Trinajstić information content (AvgIpc) is 2.84. The van der Waals surface area contributed by atoms with Crippen molar-refractivity contribution < 1.29 is 32.8 Å². The minimum absolute atomic E-state index is 0.0186. The molecule has 2 aromatic rings. The van der Waals surface area contributed by atoms with Gasteiger partial charge in [0.2, 0.25) is 0 Å². The Labute approximate surface area is 209 Å². The van der Waals surface area contributed by atoms with Crippen LogP contribution in [0.15, 0.2) is 53.4 Å². The Morgan fingerprint density at radius 2 is 1.17 bits per heavy atom. The van der Waals surface area contributed by atoms with Crippen LogP contribution in [0, 0.1) is 0 Å². The number of carboxylic acids is 2. The molecule has 2 aromatic carbocycles. The van der Waals surface area contributed by atoms with Crippen LogP contribution in [0.5, 0.6) is 0 Å². The van der Waals surface area contributed by atoms with Crippen LogP contribution < -0.4 is 5.30 Å². The van der Waals surface area contributed by atoms with Crippen LogP contribution in [0.4, 0.5) is 0 Å². The molecule has 0 atom stereocenters. The highest BCUT2D eigenvalue weighted by Crippen LogP contribution is 2.60. The van der Waals surface area contributed by atoms with E-state index in [0.29, 0.717) is 0 Å². The molecule has 0 saturated heterocycles. The second kappa shape index (κ2) is 15.0. The maximum Gasteiger partial charge on any atom is 0.335 e. The molecule has 0 aliphatic rings. The number of aromatic carboxylic acids is 2. The number of rotatable bonds is 13. The summed E-state index contributed by atoms with van der Waals surface area (Å²) in [4.78, 5) is 20.9. The summed E-state index contributed by atoms with van der Waals surface area (Å²) in [6, 6.07) is 12.4. The Morgan fingerprint density at radius 1 is 0.743 bits per heavy atom. The molecule has 0 bridgehead atoms. The number of carbonyl (C=O) groups is 2. The third-order valence-corrected chi connectivity index (χ3v) is 11.8. The second-order valence-corrected chi connectivity index (χ2v) is 14.0. The third kappa shape index (κ3) is 9.71. The first-order chi connectivity index (χ1) is 16.5. The van der Waals surface area contributed by atoms with Crippen molar-refractivity contribution in [3.63, 3.8) is 0 Å². The molecule has 0 radical (unpaired) electrons. The zero-order chi connectivity index (χ0) is 26.5. The molecule has 9 heteroatoms. The van der Waals surface area contributed by atoms with E-state index in [1.165, 1.54) is 18.2 Å². The van der Waals surface area contributed by atoms with Crippen LogP contribution in [-0.2, 0) is 10.1 Å². The van der Waals surface area contributed by atoms with Crippen molar-refractivity contribution in [1.29, 1.82) is 0 Å². The Hall–Kier alpha value is -2.28. The van der Waals surface area contributed by atoms with Crippen molar-refractivity contribution in [3.8, 4) is 0 Å². The quantitative estimate of drug-likeness (QED) is 0.214. The molecule has 0 spiro atoms. The first-order valence-corrected chi connectivity index (χ1v) is 15.8. The molecule has 35 heavy (non-hydrogen) atoms. The minimum Gasteiger partial charge on any atom is -0.478 e. The Morgan fingerprint density at radius 3 is 1.54 bits per heavy atom. The van der Waals surface area contributed by atoms with Crippen molar-refractivity contribution in [1.82, 2.24) is 0 Å². The Kier molecular flexibility index (Phi) is 13.2. The maximum atomic E-state index is 11.9. The fourth-order valence-electron chi connectivity index (χ4n) is 3.93. The molecule has 7 nitrogen and oxygen atoms in total. The van der Waals surface area contributed by atoms with Gasteiger partial charge in [0, 0.05) is 7.26 Å². The molecule has 0 unspecified atom stereocenters. The van der Waals surface area contributed by atoms with Gasteiger partial charge in [-0.25, -0.2) is 9.59 Å². The van der Waals surface area contributed by atoms with E-state index < -0.39 is 29.3 Å². The van der Waals surface area contributed by atoms with Crippen LogP contribution in [-0.4, -0.2) is 53.6 Å². The van der Waals surface area contributed by atoms with E-state index in [4.69, 9.17) is 10.2 Å². The van der Waals surface area contributed by atoms with Gasteiger partial charge in [0.05, 0.1) is 29.6 Å². The van der Waals surface area contributed by atoms with E-state index in [2.05, 4.69) is 20.8 Å². The van der Waals surface area contributed by atoms with Crippen LogP contribution in [0.1, 0.15) is 80.0 Å². The summed E-state index contributed by atoms with van der Waals surface area (Å²) >= 11 is 0. The zero-order valence-electron chi connectivity index (χ0n) is 20.8. The van der Waals surface area contributed by atoms with Gasteiger partial charge in [0.1, 0.15) is 10.2 Å². The van der Waals surface area contributed by atoms with Crippen molar-refractivity contribution in [3.05, 3.63) is 59.7 Å². The molecule has 0 heterocycles. The molecule has 0 fully saturated rings. The maximum absolute atomic E-state index is 11.9. The lowest BCUT2D eigenvalue weighted by Crippen LogP contribution is -2.26. The lowest BCUT2D eigenvalue weighted by molar-refractivity contribution is 0.0696. The van der Waals surface area contributed by atoms with Gasteiger partial charge in [-0.1, -0.05) is 58.2 Å². The number of benzene rings is 2. The molecule has 0 amide bonds. The van der Waals surface area contributed by atoms with E-state index in [0.717, 1.165) is 68.4 Å². The van der Waals surface area contributed by atoms with E-state index >= 15 is 0 Å². The SMILES string of the molecule is CCCC[P+](CCCC)(CCCC)c1ccccc1S(=O)(=O)O.O=C(O)c1cccc(C(=O)O)c1. The van der Waals surface area contributed by atoms with Crippen molar-refractivity contribution in [2.24, 2.45) is 0 Å². The lowest BCUT2D eigenvalue weighted by atomic mass is 10.1. The summed E-state index contributed by atoms with van der Waals surface area (Å²) in [5, 5.41) is 17.9. The highest BCUT2D eigenvalue weighted by atomic mass is 32.2. The zero-order valence-corrected chi connectivity index (χ0v) is 22.5. The molecular formula is C26H38O7PS+. The molecule has 2 rings (SSSR count). The number of unbranched alkanes of at least 4 members (excludes halogenated alkanes) is 3. The average molecular weight is 526 g/mol. The molecule has 194 valence electrons. The lowest BCUT2D eigenvalue weighted by Gasteiger charge is -2.29. The first-order valence-electron chi connectivity index (χ1n) is 12.0. The smallest absolute Gasteiger partial charge is 0.335 e. The van der Waals surface area contributed by atoms with Gasteiger partial charge in [0.25, 0.3) is 10.1 Å². The summed E-state index contributed by atoms with van der Waals surface area (Å²) in [6.07, 6.45) is 10.0. The van der Waals surface area contributed by atoms with Gasteiger partial charge in [0.15, 0.2) is 0 Å². The summed E-state index contributed by atoms with van der Waals surface area (Å²) in [7, 11) is -5.74. The number of hydrogen-bond donors (Lipinski definition) is 3. The van der Waals surface area contributed by atoms with Gasteiger partial charge in [-0.15, -0.1) is 0 Å². The van der Waals surface area contributed by atoms with Crippen LogP contribution >= 0.6 is 7.26 Å². The first kappa shape index (κ1) is 30.8. The van der Waals surface area contributed by atoms with Crippen molar-refractivity contribution in [2.45, 2.75) is 64.2 Å². The molecule has 0 aliphatic carbocycles. The van der Waals surface area contributed by atoms with Crippen molar-refractivity contribution in [2.75, 3.05) is 18.5 Å². The van der Waals surface area contributed by atoms with Crippen LogP contribution in [0.3, 0.4) is 0 Å². The summed E-state index contributed by atoms with van der Waals surface area (Å²) < 4.78 is 33.5. The van der Waals surface area contributed by atoms with E-state index in [-0.39, 0.29) is 16.0 Å². The molecule has 0 saturated carbocycles. The summed E-state index contributed by atoms with van der Waals surface area (Å²) in [5.41, 5.74) is -0.0372. The van der Waals surface area contributed by atoms with Crippen LogP contribution in [0.2, 0.25) is 0 Å². The van der Waals surface area contributed by atoms with Gasteiger partial charge < -0.3 is 10.2 Å². The van der Waals surface area contributed by atoms with E-state index in [1.54, 1.807) is 12.1 Å². The van der Waals surface area contributed by atoms with Gasteiger partial charge in [-0.3, -0.25) is 4.55 Å².